The summed E-state index contributed by atoms with van der Waals surface area (Å²) in [6, 6.07) is 14.7. The maximum atomic E-state index is 11.6. The first-order chi connectivity index (χ1) is 8.75. The maximum Gasteiger partial charge on any atom is 0.357 e. The molecule has 2 aromatic rings. The van der Waals surface area contributed by atoms with Crippen molar-refractivity contribution in [3.05, 3.63) is 70.2 Å². The highest BCUT2D eigenvalue weighted by Gasteiger charge is 2.27. The number of carbonyl (C=O) groups is 1. The van der Waals surface area contributed by atoms with E-state index in [1.807, 2.05) is 42.5 Å². The van der Waals surface area contributed by atoms with Crippen LogP contribution in [0.1, 0.15) is 27.5 Å². The first kappa shape index (κ1) is 11.3. The Kier molecular flexibility index (Phi) is 2.78. The van der Waals surface area contributed by atoms with Gasteiger partial charge in [-0.15, -0.1) is 5.48 Å². The zero-order chi connectivity index (χ0) is 12.5. The van der Waals surface area contributed by atoms with Crippen molar-refractivity contribution in [2.75, 3.05) is 0 Å². The lowest BCUT2D eigenvalue weighted by atomic mass is 9.94. The van der Waals surface area contributed by atoms with Crippen LogP contribution in [-0.4, -0.2) is 5.97 Å². The summed E-state index contributed by atoms with van der Waals surface area (Å²) in [5.41, 5.74) is 5.27. The number of carbonyl (C=O) groups excluding carboxylic acids is 1. The number of rotatable bonds is 1. The van der Waals surface area contributed by atoms with Gasteiger partial charge >= 0.3 is 5.97 Å². The second-order valence-corrected chi connectivity index (χ2v) is 4.52. The Morgan fingerprint density at radius 2 is 1.78 bits per heavy atom. The molecule has 0 amide bonds. The molecule has 3 nitrogen and oxygen atoms in total. The van der Waals surface area contributed by atoms with E-state index in [9.17, 15) is 4.79 Å². The van der Waals surface area contributed by atoms with Crippen LogP contribution in [0.2, 0.25) is 5.02 Å². The largest absolute Gasteiger partial charge is 0.366 e. The molecule has 4 heteroatoms. The van der Waals surface area contributed by atoms with Crippen LogP contribution in [0.5, 0.6) is 0 Å². The number of halogens is 1. The highest BCUT2D eigenvalue weighted by Crippen LogP contribution is 2.29. The van der Waals surface area contributed by atoms with E-state index < -0.39 is 0 Å². The quantitative estimate of drug-likeness (QED) is 0.855. The number of nitrogens with one attached hydrogen (secondary N) is 1. The number of fused-ring (bicyclic) bond motifs is 1. The van der Waals surface area contributed by atoms with Crippen molar-refractivity contribution >= 4 is 17.6 Å². The molecule has 0 saturated heterocycles. The molecular formula is C14H10ClNO2. The zero-order valence-electron chi connectivity index (χ0n) is 9.39. The Hall–Kier alpha value is -1.84. The molecule has 1 atom stereocenters. The van der Waals surface area contributed by atoms with E-state index in [-0.39, 0.29) is 12.0 Å². The van der Waals surface area contributed by atoms with E-state index >= 15 is 0 Å². The lowest BCUT2D eigenvalue weighted by Gasteiger charge is -2.25. The molecule has 1 aliphatic heterocycles. The fourth-order valence-electron chi connectivity index (χ4n) is 2.07. The van der Waals surface area contributed by atoms with Gasteiger partial charge in [-0.05, 0) is 29.3 Å². The fourth-order valence-corrected chi connectivity index (χ4v) is 2.19. The van der Waals surface area contributed by atoms with Gasteiger partial charge in [0.1, 0.15) is 0 Å². The van der Waals surface area contributed by atoms with Gasteiger partial charge in [0.25, 0.3) is 0 Å². The van der Waals surface area contributed by atoms with Crippen molar-refractivity contribution in [3.63, 3.8) is 0 Å². The molecule has 0 spiro atoms. The van der Waals surface area contributed by atoms with Gasteiger partial charge in [0, 0.05) is 5.02 Å². The summed E-state index contributed by atoms with van der Waals surface area (Å²) in [5.74, 6) is -0.351. The second kappa shape index (κ2) is 4.44. The minimum absolute atomic E-state index is 0.156. The summed E-state index contributed by atoms with van der Waals surface area (Å²) in [7, 11) is 0. The molecule has 0 radical (unpaired) electrons. The van der Waals surface area contributed by atoms with Crippen LogP contribution >= 0.6 is 11.6 Å². The van der Waals surface area contributed by atoms with Gasteiger partial charge in [0.05, 0.1) is 11.6 Å². The highest BCUT2D eigenvalue weighted by atomic mass is 35.5. The molecule has 0 aliphatic carbocycles. The first-order valence-electron chi connectivity index (χ1n) is 5.57. The van der Waals surface area contributed by atoms with Crippen LogP contribution in [0.3, 0.4) is 0 Å². The van der Waals surface area contributed by atoms with E-state index in [0.717, 1.165) is 11.1 Å². The predicted molar refractivity (Wildman–Crippen MR) is 68.3 cm³/mol. The molecule has 3 rings (SSSR count). The standard InChI is InChI=1S/C14H10ClNO2/c15-10-7-5-9(6-8-10)13-11-3-1-2-4-12(11)14(17)18-16-13/h1-8,13,16H. The minimum Gasteiger partial charge on any atom is -0.366 e. The average Bonchev–Trinajstić information content (AvgIpc) is 2.41. The monoisotopic (exact) mass is 259 g/mol. The smallest absolute Gasteiger partial charge is 0.357 e. The third-order valence-electron chi connectivity index (χ3n) is 2.96. The Morgan fingerprint density at radius 3 is 2.56 bits per heavy atom. The van der Waals surface area contributed by atoms with Crippen LogP contribution in [0.15, 0.2) is 48.5 Å². The molecule has 1 aliphatic rings. The third kappa shape index (κ3) is 1.88. The molecule has 2 aromatic carbocycles. The minimum atomic E-state index is -0.351. The molecule has 0 saturated carbocycles. The number of benzene rings is 2. The number of hydroxylamine groups is 1. The van der Waals surface area contributed by atoms with Gasteiger partial charge < -0.3 is 4.84 Å². The van der Waals surface area contributed by atoms with Crippen molar-refractivity contribution < 1.29 is 9.63 Å². The Labute approximate surface area is 109 Å². The zero-order valence-corrected chi connectivity index (χ0v) is 10.1. The van der Waals surface area contributed by atoms with E-state index in [4.69, 9.17) is 16.4 Å². The first-order valence-corrected chi connectivity index (χ1v) is 5.94. The van der Waals surface area contributed by atoms with Crippen LogP contribution in [-0.2, 0) is 4.84 Å². The van der Waals surface area contributed by atoms with Crippen molar-refractivity contribution in [3.8, 4) is 0 Å². The van der Waals surface area contributed by atoms with E-state index in [0.29, 0.717) is 10.6 Å². The van der Waals surface area contributed by atoms with Crippen molar-refractivity contribution in [2.45, 2.75) is 6.04 Å². The fraction of sp³-hybridized carbons (Fsp3) is 0.0714. The Morgan fingerprint density at radius 1 is 1.06 bits per heavy atom. The van der Waals surface area contributed by atoms with Gasteiger partial charge in [-0.25, -0.2) is 4.79 Å². The van der Waals surface area contributed by atoms with Crippen LogP contribution in [0, 0.1) is 0 Å². The van der Waals surface area contributed by atoms with E-state index in [2.05, 4.69) is 5.48 Å². The average molecular weight is 260 g/mol. The summed E-state index contributed by atoms with van der Waals surface area (Å²) in [5, 5.41) is 0.680. The summed E-state index contributed by atoms with van der Waals surface area (Å²) in [4.78, 5) is 16.6. The molecular weight excluding hydrogens is 250 g/mol. The van der Waals surface area contributed by atoms with Crippen molar-refractivity contribution in [1.82, 2.24) is 5.48 Å². The Bertz CT molecular complexity index is 595. The van der Waals surface area contributed by atoms with Crippen LogP contribution in [0.25, 0.3) is 0 Å². The lowest BCUT2D eigenvalue weighted by Crippen LogP contribution is -2.32. The van der Waals surface area contributed by atoms with Crippen molar-refractivity contribution in [1.29, 1.82) is 0 Å². The Balaban J connectivity index is 2.07. The summed E-state index contributed by atoms with van der Waals surface area (Å²) < 4.78 is 0. The van der Waals surface area contributed by atoms with Crippen molar-refractivity contribution in [2.24, 2.45) is 0 Å². The summed E-state index contributed by atoms with van der Waals surface area (Å²) >= 11 is 5.87. The summed E-state index contributed by atoms with van der Waals surface area (Å²) in [6.45, 7) is 0. The van der Waals surface area contributed by atoms with Gasteiger partial charge in [-0.3, -0.25) is 0 Å². The maximum absolute atomic E-state index is 11.6. The molecule has 0 bridgehead atoms. The van der Waals surface area contributed by atoms with Crippen LogP contribution < -0.4 is 5.48 Å². The van der Waals surface area contributed by atoms with Gasteiger partial charge in [-0.1, -0.05) is 41.9 Å². The summed E-state index contributed by atoms with van der Waals surface area (Å²) in [6.07, 6.45) is 0. The normalized spacial score (nSPS) is 18.1. The molecule has 0 aromatic heterocycles. The molecule has 1 heterocycles. The third-order valence-corrected chi connectivity index (χ3v) is 3.22. The molecule has 1 unspecified atom stereocenters. The van der Waals surface area contributed by atoms with Gasteiger partial charge in [0.2, 0.25) is 0 Å². The van der Waals surface area contributed by atoms with Gasteiger partial charge in [0.15, 0.2) is 0 Å². The lowest BCUT2D eigenvalue weighted by molar-refractivity contribution is 0.0132. The number of hydrogen-bond donors (Lipinski definition) is 1. The number of hydrogen-bond acceptors (Lipinski definition) is 3. The molecule has 0 fully saturated rings. The topological polar surface area (TPSA) is 38.3 Å². The highest BCUT2D eigenvalue weighted by molar-refractivity contribution is 6.30. The second-order valence-electron chi connectivity index (χ2n) is 4.08. The van der Waals surface area contributed by atoms with Gasteiger partial charge in [-0.2, -0.15) is 0 Å². The predicted octanol–water partition coefficient (Wildman–Crippen LogP) is 3.10. The van der Waals surface area contributed by atoms with Crippen LogP contribution in [0.4, 0.5) is 0 Å². The SMILES string of the molecule is O=C1ONC(c2ccc(Cl)cc2)c2ccccc21. The van der Waals surface area contributed by atoms with E-state index in [1.54, 1.807) is 6.07 Å². The molecule has 90 valence electrons. The molecule has 18 heavy (non-hydrogen) atoms. The molecule has 1 N–H and O–H groups in total. The van der Waals surface area contributed by atoms with E-state index in [1.165, 1.54) is 0 Å².